The van der Waals surface area contributed by atoms with Crippen molar-refractivity contribution in [1.29, 1.82) is 0 Å². The lowest BCUT2D eigenvalue weighted by atomic mass is 9.79. The van der Waals surface area contributed by atoms with Crippen LogP contribution >= 0.6 is 22.7 Å². The third kappa shape index (κ3) is 3.61. The van der Waals surface area contributed by atoms with Crippen LogP contribution in [-0.2, 0) is 36.4 Å². The average Bonchev–Trinajstić information content (AvgIpc) is 3.84. The molecule has 45 heavy (non-hydrogen) atoms. The summed E-state index contributed by atoms with van der Waals surface area (Å²) in [5.41, 5.74) is 7.18. The maximum absolute atomic E-state index is 13.2. The second-order valence-corrected chi connectivity index (χ2v) is 17.2. The van der Waals surface area contributed by atoms with Gasteiger partial charge in [0.25, 0.3) is 0 Å². The summed E-state index contributed by atoms with van der Waals surface area (Å²) < 4.78 is 0. The summed E-state index contributed by atoms with van der Waals surface area (Å²) >= 11 is 3.42. The minimum Gasteiger partial charge on any atom is -0.292 e. The van der Waals surface area contributed by atoms with Gasteiger partial charge >= 0.3 is 0 Å². The van der Waals surface area contributed by atoms with E-state index in [0.717, 1.165) is 62.1 Å². The van der Waals surface area contributed by atoms with Crippen molar-refractivity contribution < 1.29 is 19.2 Å². The Kier molecular flexibility index (Phi) is 5.79. The molecule has 0 N–H and O–H groups in total. The molecule has 0 aliphatic heterocycles. The van der Waals surface area contributed by atoms with Gasteiger partial charge in [0.05, 0.1) is 0 Å². The SMILES string of the molecule is CC1(C)C2=C(c3sc(N=C4C(=O)C5CCCCC5C4=O)cc31)C(C)(C)c1c2sc2c1CC(N=C1C(=O)C3CCCCC3C1=O)=C2. The number of rotatable bonds is 2. The van der Waals surface area contributed by atoms with Crippen LogP contribution in [0.1, 0.15) is 110 Å². The van der Waals surface area contributed by atoms with E-state index in [1.165, 1.54) is 42.5 Å². The summed E-state index contributed by atoms with van der Waals surface area (Å²) in [6.45, 7) is 9.15. The lowest BCUT2D eigenvalue weighted by Crippen LogP contribution is -2.21. The smallest absolute Gasteiger partial charge is 0.188 e. The molecule has 0 spiro atoms. The summed E-state index contributed by atoms with van der Waals surface area (Å²) in [5.74, 6) is -0.868. The first-order chi connectivity index (χ1) is 21.5. The fourth-order valence-corrected chi connectivity index (χ4v) is 12.8. The molecule has 2 heterocycles. The van der Waals surface area contributed by atoms with E-state index in [-0.39, 0.29) is 69.1 Å². The van der Waals surface area contributed by atoms with Crippen molar-refractivity contribution in [3.63, 3.8) is 0 Å². The molecule has 4 atom stereocenters. The molecular weight excluding hydrogens is 601 g/mol. The van der Waals surface area contributed by atoms with Crippen LogP contribution in [-0.4, -0.2) is 34.6 Å². The highest BCUT2D eigenvalue weighted by atomic mass is 32.1. The van der Waals surface area contributed by atoms with Gasteiger partial charge in [-0.25, -0.2) is 9.98 Å². The molecule has 7 aliphatic rings. The second kappa shape index (κ2) is 9.25. The van der Waals surface area contributed by atoms with Gasteiger partial charge in [0.15, 0.2) is 28.8 Å². The topological polar surface area (TPSA) is 93.0 Å². The number of fused-ring (bicyclic) bond motifs is 8. The molecule has 2 aromatic heterocycles. The van der Waals surface area contributed by atoms with Crippen molar-refractivity contribution in [3.8, 4) is 0 Å². The zero-order valence-corrected chi connectivity index (χ0v) is 27.8. The number of thiophene rings is 2. The lowest BCUT2D eigenvalue weighted by Gasteiger charge is -2.25. The molecule has 4 unspecified atom stereocenters. The highest BCUT2D eigenvalue weighted by Gasteiger charge is 2.54. The standard InChI is InChI=1S/C37H36N2O4S2/c1-36(2)22-15-24(39-29-32(42)19-11-7-8-12-20(19)33(29)43)45-34(22)26-27(36)35-25(37(26,3)4)21-13-16(14-23(21)44-35)38-28-30(40)17-9-5-6-10-18(17)31(28)41/h14-15,17-20H,5-13H2,1-4H3. The zero-order valence-electron chi connectivity index (χ0n) is 26.2. The van der Waals surface area contributed by atoms with Gasteiger partial charge in [-0.2, -0.15) is 0 Å². The fraction of sp³-hybridized carbons (Fsp3) is 0.514. The van der Waals surface area contributed by atoms with Crippen molar-refractivity contribution in [2.75, 3.05) is 0 Å². The summed E-state index contributed by atoms with van der Waals surface area (Å²) in [7, 11) is 0. The number of nitrogens with zero attached hydrogens (tertiary/aromatic N) is 2. The number of allylic oxidation sites excluding steroid dienone is 3. The van der Waals surface area contributed by atoms with Gasteiger partial charge in [0, 0.05) is 61.3 Å². The molecule has 9 rings (SSSR count). The summed E-state index contributed by atoms with van der Waals surface area (Å²) in [4.78, 5) is 65.9. The molecule has 4 saturated carbocycles. The molecule has 8 heteroatoms. The van der Waals surface area contributed by atoms with Gasteiger partial charge in [0.1, 0.15) is 10.7 Å². The monoisotopic (exact) mass is 636 g/mol. The fourth-order valence-electron chi connectivity index (χ4n) is 9.77. The van der Waals surface area contributed by atoms with Crippen molar-refractivity contribution in [1.82, 2.24) is 0 Å². The van der Waals surface area contributed by atoms with E-state index in [0.29, 0.717) is 6.42 Å². The molecule has 230 valence electrons. The van der Waals surface area contributed by atoms with Crippen LogP contribution < -0.4 is 0 Å². The number of carbonyl (C=O) groups excluding carboxylic acids is 4. The Balaban J connectivity index is 1.06. The molecule has 2 aromatic rings. The van der Waals surface area contributed by atoms with Crippen LogP contribution in [0, 0.1) is 23.7 Å². The molecule has 0 saturated heterocycles. The van der Waals surface area contributed by atoms with E-state index in [1.54, 1.807) is 22.7 Å². The number of carbonyl (C=O) groups is 4. The van der Waals surface area contributed by atoms with Crippen molar-refractivity contribution in [3.05, 3.63) is 43.1 Å². The van der Waals surface area contributed by atoms with E-state index in [4.69, 9.17) is 9.98 Å². The predicted molar refractivity (Wildman–Crippen MR) is 179 cm³/mol. The van der Waals surface area contributed by atoms with Crippen LogP contribution in [0.15, 0.2) is 21.7 Å². The molecule has 4 fully saturated rings. The molecule has 0 amide bonds. The number of Topliss-reactive ketones (excluding diaryl/α,β-unsaturated/α-hetero) is 4. The van der Waals surface area contributed by atoms with E-state index in [9.17, 15) is 19.2 Å². The minimum atomic E-state index is -0.259. The van der Waals surface area contributed by atoms with Crippen molar-refractivity contribution in [2.24, 2.45) is 33.7 Å². The maximum Gasteiger partial charge on any atom is 0.188 e. The van der Waals surface area contributed by atoms with Gasteiger partial charge in [-0.3, -0.25) is 19.2 Å². The molecule has 0 radical (unpaired) electrons. The zero-order chi connectivity index (χ0) is 31.2. The lowest BCUT2D eigenvalue weighted by molar-refractivity contribution is -0.120. The van der Waals surface area contributed by atoms with E-state index in [2.05, 4.69) is 39.8 Å². The number of ketones is 4. The summed E-state index contributed by atoms with van der Waals surface area (Å²) in [6.07, 6.45) is 10.0. The van der Waals surface area contributed by atoms with Crippen LogP contribution in [0.3, 0.4) is 0 Å². The highest BCUT2D eigenvalue weighted by Crippen LogP contribution is 2.67. The van der Waals surface area contributed by atoms with Crippen LogP contribution in [0.5, 0.6) is 0 Å². The third-order valence-corrected chi connectivity index (χ3v) is 14.2. The molecule has 0 bridgehead atoms. The Labute approximate surface area is 270 Å². The first-order valence-corrected chi connectivity index (χ1v) is 18.2. The van der Waals surface area contributed by atoms with Gasteiger partial charge < -0.3 is 0 Å². The molecule has 6 nitrogen and oxygen atoms in total. The minimum absolute atomic E-state index is 0.0434. The molecule has 7 aliphatic carbocycles. The van der Waals surface area contributed by atoms with E-state index in [1.807, 2.05) is 0 Å². The highest BCUT2D eigenvalue weighted by molar-refractivity contribution is 7.18. The Bertz CT molecular complexity index is 1890. The molecular formula is C37H36N2O4S2. The normalized spacial score (nSPS) is 30.4. The van der Waals surface area contributed by atoms with Gasteiger partial charge in [-0.1, -0.05) is 53.4 Å². The number of hydrogen-bond donors (Lipinski definition) is 0. The Morgan fingerprint density at radius 2 is 1.18 bits per heavy atom. The average molecular weight is 637 g/mol. The predicted octanol–water partition coefficient (Wildman–Crippen LogP) is 7.63. The van der Waals surface area contributed by atoms with Crippen molar-refractivity contribution in [2.45, 2.75) is 96.3 Å². The number of hydrogen-bond acceptors (Lipinski definition) is 8. The van der Waals surface area contributed by atoms with Gasteiger partial charge in [-0.15, -0.1) is 22.7 Å². The van der Waals surface area contributed by atoms with Crippen LogP contribution in [0.4, 0.5) is 5.00 Å². The summed E-state index contributed by atoms with van der Waals surface area (Å²) in [6, 6.07) is 2.12. The summed E-state index contributed by atoms with van der Waals surface area (Å²) in [5, 5.41) is 0.748. The van der Waals surface area contributed by atoms with E-state index < -0.39 is 0 Å². The Hall–Kier alpha value is -3.10. The van der Waals surface area contributed by atoms with E-state index >= 15 is 0 Å². The maximum atomic E-state index is 13.2. The van der Waals surface area contributed by atoms with Crippen LogP contribution in [0.25, 0.3) is 17.2 Å². The Morgan fingerprint density at radius 3 is 1.73 bits per heavy atom. The largest absolute Gasteiger partial charge is 0.292 e. The van der Waals surface area contributed by atoms with Crippen LogP contribution in [0.2, 0.25) is 0 Å². The second-order valence-electron chi connectivity index (χ2n) is 15.2. The third-order valence-electron chi connectivity index (χ3n) is 12.0. The first kappa shape index (κ1) is 28.1. The Morgan fingerprint density at radius 1 is 0.667 bits per heavy atom. The quantitative estimate of drug-likeness (QED) is 0.339. The van der Waals surface area contributed by atoms with Gasteiger partial charge in [0.2, 0.25) is 0 Å². The number of aliphatic imine (C=N–C) groups is 2. The van der Waals surface area contributed by atoms with Gasteiger partial charge in [-0.05, 0) is 65.7 Å². The first-order valence-electron chi connectivity index (χ1n) is 16.6. The molecule has 0 aromatic carbocycles. The van der Waals surface area contributed by atoms with Crippen molar-refractivity contribution >= 4 is 79.5 Å².